The van der Waals surface area contributed by atoms with E-state index in [2.05, 4.69) is 10.2 Å². The van der Waals surface area contributed by atoms with Crippen molar-refractivity contribution in [3.05, 3.63) is 77.5 Å². The number of hydrogen-bond acceptors (Lipinski definition) is 4. The monoisotopic (exact) mass is 291 g/mol. The second-order valence-electron chi connectivity index (χ2n) is 4.44. The minimum Gasteiger partial charge on any atom is -0.476 e. The lowest BCUT2D eigenvalue weighted by atomic mass is 10.1. The predicted molar refractivity (Wildman–Crippen MR) is 81.5 cm³/mol. The molecule has 0 aliphatic heterocycles. The molecule has 1 N–H and O–H groups in total. The van der Waals surface area contributed by atoms with E-state index in [9.17, 15) is 4.79 Å². The van der Waals surface area contributed by atoms with Crippen LogP contribution >= 0.6 is 0 Å². The van der Waals surface area contributed by atoms with Crippen LogP contribution in [0.5, 0.6) is 0 Å². The first-order valence-electron chi connectivity index (χ1n) is 6.58. The van der Waals surface area contributed by atoms with Crippen molar-refractivity contribution in [1.82, 2.24) is 0 Å². The summed E-state index contributed by atoms with van der Waals surface area (Å²) in [6, 6.07) is 17.9. The number of hydrogen-bond donors (Lipinski definition) is 1. The smallest absolute Gasteiger partial charge is 0.356 e. The fourth-order valence-electron chi connectivity index (χ4n) is 1.71. The van der Waals surface area contributed by atoms with Crippen molar-refractivity contribution < 1.29 is 9.90 Å². The molecular weight excluding hydrogens is 278 g/mol. The first-order valence-corrected chi connectivity index (χ1v) is 6.58. The zero-order valence-corrected chi connectivity index (χ0v) is 11.7. The molecule has 0 fully saturated rings. The average molecular weight is 291 g/mol. The third-order valence-corrected chi connectivity index (χ3v) is 2.86. The number of benzene rings is 2. The van der Waals surface area contributed by atoms with E-state index < -0.39 is 5.97 Å². The summed E-state index contributed by atoms with van der Waals surface area (Å²) in [7, 11) is 0. The highest BCUT2D eigenvalue weighted by atomic mass is 16.4. The van der Waals surface area contributed by atoms with Crippen molar-refractivity contribution in [2.24, 2.45) is 10.2 Å². The van der Waals surface area contributed by atoms with E-state index >= 15 is 0 Å². The molecule has 5 nitrogen and oxygen atoms in total. The van der Waals surface area contributed by atoms with Gasteiger partial charge in [0.15, 0.2) is 5.70 Å². The van der Waals surface area contributed by atoms with E-state index in [1.54, 1.807) is 24.3 Å². The quantitative estimate of drug-likeness (QED) is 0.670. The van der Waals surface area contributed by atoms with E-state index in [1.165, 1.54) is 6.08 Å². The number of azo groups is 1. The van der Waals surface area contributed by atoms with Gasteiger partial charge in [-0.2, -0.15) is 10.4 Å². The van der Waals surface area contributed by atoms with Gasteiger partial charge < -0.3 is 5.11 Å². The average Bonchev–Trinajstić information content (AvgIpc) is 2.56. The van der Waals surface area contributed by atoms with Crippen molar-refractivity contribution in [2.75, 3.05) is 0 Å². The maximum absolute atomic E-state index is 11.2. The van der Waals surface area contributed by atoms with Crippen LogP contribution < -0.4 is 0 Å². The minimum atomic E-state index is -1.13. The van der Waals surface area contributed by atoms with Gasteiger partial charge in [0, 0.05) is 0 Å². The number of nitriles is 1. The summed E-state index contributed by atoms with van der Waals surface area (Å²) < 4.78 is 0. The summed E-state index contributed by atoms with van der Waals surface area (Å²) in [6.07, 6.45) is 1.99. The fourth-order valence-corrected chi connectivity index (χ4v) is 1.71. The second-order valence-corrected chi connectivity index (χ2v) is 4.44. The van der Waals surface area contributed by atoms with Crippen molar-refractivity contribution in [1.29, 1.82) is 5.26 Å². The summed E-state index contributed by atoms with van der Waals surface area (Å²) >= 11 is 0. The molecule has 5 heteroatoms. The Balaban J connectivity index is 2.12. The molecule has 0 aromatic heterocycles. The lowest BCUT2D eigenvalue weighted by molar-refractivity contribution is -0.132. The van der Waals surface area contributed by atoms with Gasteiger partial charge in [-0.3, -0.25) is 0 Å². The highest BCUT2D eigenvalue weighted by Crippen LogP contribution is 2.15. The van der Waals surface area contributed by atoms with Crippen LogP contribution in [-0.4, -0.2) is 11.1 Å². The standard InChI is InChI=1S/C17H13N3O2/c18-12-14-6-9-15(10-7-14)19-20-16(17(21)22)11-8-13-4-2-1-3-5-13/h1-7,9-11H,8H2,(H,21,22)/b16-11+,20-19?. The van der Waals surface area contributed by atoms with Crippen molar-refractivity contribution in [3.8, 4) is 6.07 Å². The molecule has 0 heterocycles. The maximum atomic E-state index is 11.2. The van der Waals surface area contributed by atoms with Gasteiger partial charge in [-0.15, -0.1) is 5.11 Å². The minimum absolute atomic E-state index is 0.117. The maximum Gasteiger partial charge on any atom is 0.356 e. The van der Waals surface area contributed by atoms with E-state index in [0.29, 0.717) is 17.7 Å². The van der Waals surface area contributed by atoms with E-state index in [4.69, 9.17) is 10.4 Å². The molecule has 2 rings (SSSR count). The van der Waals surface area contributed by atoms with Crippen LogP contribution in [0.4, 0.5) is 5.69 Å². The van der Waals surface area contributed by atoms with E-state index in [-0.39, 0.29) is 5.70 Å². The molecule has 22 heavy (non-hydrogen) atoms. The van der Waals surface area contributed by atoms with Crippen molar-refractivity contribution >= 4 is 11.7 Å². The highest BCUT2D eigenvalue weighted by molar-refractivity contribution is 5.86. The van der Waals surface area contributed by atoms with Gasteiger partial charge in [-0.1, -0.05) is 30.3 Å². The largest absolute Gasteiger partial charge is 0.476 e. The summed E-state index contributed by atoms with van der Waals surface area (Å²) in [5.41, 5.74) is 1.88. The zero-order valence-electron chi connectivity index (χ0n) is 11.7. The summed E-state index contributed by atoms with van der Waals surface area (Å²) in [4.78, 5) is 11.2. The number of aliphatic carboxylic acids is 1. The van der Waals surface area contributed by atoms with E-state index in [1.807, 2.05) is 36.4 Å². The Morgan fingerprint density at radius 1 is 1.14 bits per heavy atom. The highest BCUT2D eigenvalue weighted by Gasteiger charge is 2.05. The molecule has 0 saturated heterocycles. The van der Waals surface area contributed by atoms with Gasteiger partial charge in [0.2, 0.25) is 0 Å². The molecule has 0 aliphatic carbocycles. The molecule has 0 radical (unpaired) electrons. The predicted octanol–water partition coefficient (Wildman–Crippen LogP) is 3.85. The Morgan fingerprint density at radius 3 is 2.41 bits per heavy atom. The molecule has 0 spiro atoms. The molecule has 2 aromatic rings. The van der Waals surface area contributed by atoms with Crippen LogP contribution in [0.25, 0.3) is 0 Å². The first kappa shape index (κ1) is 15.1. The lowest BCUT2D eigenvalue weighted by Gasteiger charge is -1.97. The van der Waals surface area contributed by atoms with Crippen LogP contribution in [0.15, 0.2) is 76.6 Å². The van der Waals surface area contributed by atoms with Crippen molar-refractivity contribution in [2.45, 2.75) is 6.42 Å². The second kappa shape index (κ2) is 7.50. The normalized spacial score (nSPS) is 11.3. The molecule has 0 saturated carbocycles. The Kier molecular flexibility index (Phi) is 5.16. The molecule has 108 valence electrons. The van der Waals surface area contributed by atoms with Crippen LogP contribution in [0, 0.1) is 11.3 Å². The van der Waals surface area contributed by atoms with Gasteiger partial charge in [0.25, 0.3) is 0 Å². The molecule has 2 aromatic carbocycles. The Morgan fingerprint density at radius 2 is 1.82 bits per heavy atom. The van der Waals surface area contributed by atoms with Gasteiger partial charge in [-0.25, -0.2) is 4.79 Å². The van der Waals surface area contributed by atoms with Gasteiger partial charge in [-0.05, 0) is 42.3 Å². The SMILES string of the molecule is N#Cc1ccc(N=N/C(=C/Cc2ccccc2)C(=O)O)cc1. The van der Waals surface area contributed by atoms with Crippen LogP contribution in [0.3, 0.4) is 0 Å². The molecular formula is C17H13N3O2. The topological polar surface area (TPSA) is 85.8 Å². The number of nitrogens with zero attached hydrogens (tertiary/aromatic N) is 3. The van der Waals surface area contributed by atoms with Crippen LogP contribution in [0.1, 0.15) is 11.1 Å². The number of carbonyl (C=O) groups is 1. The van der Waals surface area contributed by atoms with E-state index in [0.717, 1.165) is 5.56 Å². The van der Waals surface area contributed by atoms with Gasteiger partial charge >= 0.3 is 5.97 Å². The summed E-state index contributed by atoms with van der Waals surface area (Å²) in [5, 5.41) is 25.5. The molecule has 0 unspecified atom stereocenters. The molecule has 0 amide bonds. The van der Waals surface area contributed by atoms with Gasteiger partial charge in [0.05, 0.1) is 17.3 Å². The van der Waals surface area contributed by atoms with Gasteiger partial charge in [0.1, 0.15) is 0 Å². The zero-order chi connectivity index (χ0) is 15.8. The molecule has 0 atom stereocenters. The van der Waals surface area contributed by atoms with Crippen LogP contribution in [-0.2, 0) is 11.2 Å². The summed E-state index contributed by atoms with van der Waals surface area (Å²) in [5.74, 6) is -1.13. The summed E-state index contributed by atoms with van der Waals surface area (Å²) in [6.45, 7) is 0. The first-order chi connectivity index (χ1) is 10.7. The number of allylic oxidation sites excluding steroid dienone is 1. The third-order valence-electron chi connectivity index (χ3n) is 2.86. The number of rotatable bonds is 5. The Labute approximate surface area is 127 Å². The van der Waals surface area contributed by atoms with Crippen molar-refractivity contribution in [3.63, 3.8) is 0 Å². The molecule has 0 bridgehead atoms. The van der Waals surface area contributed by atoms with Crippen LogP contribution in [0.2, 0.25) is 0 Å². The Hall–Kier alpha value is -3.26. The number of carboxylic acids is 1. The third kappa shape index (κ3) is 4.39. The fraction of sp³-hybridized carbons (Fsp3) is 0.0588. The number of carboxylic acid groups (broad SMARTS) is 1. The lowest BCUT2D eigenvalue weighted by Crippen LogP contribution is -1.98. The molecule has 0 aliphatic rings. The Bertz CT molecular complexity index is 742.